The summed E-state index contributed by atoms with van der Waals surface area (Å²) >= 11 is 0. The van der Waals surface area contributed by atoms with Crippen LogP contribution in [0.1, 0.15) is 58.4 Å². The van der Waals surface area contributed by atoms with Gasteiger partial charge in [-0.15, -0.1) is 0 Å². The summed E-state index contributed by atoms with van der Waals surface area (Å²) in [5, 5.41) is 6.02. The lowest BCUT2D eigenvalue weighted by atomic mass is 9.95. The maximum Gasteiger partial charge on any atom is 0.251 e. The number of carbonyl (C=O) groups excluding carboxylic acids is 2. The van der Waals surface area contributed by atoms with Gasteiger partial charge in [-0.25, -0.2) is 0 Å². The van der Waals surface area contributed by atoms with Crippen molar-refractivity contribution in [3.8, 4) is 5.75 Å². The van der Waals surface area contributed by atoms with Crippen molar-refractivity contribution in [3.05, 3.63) is 65.2 Å². The number of hydrogen-bond donors (Lipinski definition) is 2. The number of nitrogens with one attached hydrogen (secondary N) is 2. The van der Waals surface area contributed by atoms with E-state index in [2.05, 4.69) is 10.6 Å². The molecule has 1 fully saturated rings. The molecule has 5 heteroatoms. The number of amides is 2. The average molecular weight is 380 g/mol. The Morgan fingerprint density at radius 3 is 2.11 bits per heavy atom. The predicted molar refractivity (Wildman–Crippen MR) is 110 cm³/mol. The SMILES string of the molecule is COc1ccc(CCNC(=O)c2ccc(C(=O)NC3CCCCC3)cc2)cc1. The lowest BCUT2D eigenvalue weighted by Crippen LogP contribution is -2.36. The van der Waals surface area contributed by atoms with Gasteiger partial charge in [0.25, 0.3) is 11.8 Å². The van der Waals surface area contributed by atoms with Gasteiger partial charge in [0.15, 0.2) is 0 Å². The van der Waals surface area contributed by atoms with Gasteiger partial charge in [0, 0.05) is 23.7 Å². The van der Waals surface area contributed by atoms with E-state index in [9.17, 15) is 9.59 Å². The van der Waals surface area contributed by atoms with E-state index in [0.717, 1.165) is 30.6 Å². The monoisotopic (exact) mass is 380 g/mol. The van der Waals surface area contributed by atoms with E-state index in [1.807, 2.05) is 24.3 Å². The minimum Gasteiger partial charge on any atom is -0.497 e. The molecule has 0 bridgehead atoms. The average Bonchev–Trinajstić information content (AvgIpc) is 2.75. The summed E-state index contributed by atoms with van der Waals surface area (Å²) in [6.07, 6.45) is 6.48. The smallest absolute Gasteiger partial charge is 0.251 e. The third kappa shape index (κ3) is 5.59. The van der Waals surface area contributed by atoms with Gasteiger partial charge in [-0.3, -0.25) is 9.59 Å². The van der Waals surface area contributed by atoms with Crippen LogP contribution < -0.4 is 15.4 Å². The number of ether oxygens (including phenoxy) is 1. The molecule has 3 rings (SSSR count). The maximum absolute atomic E-state index is 12.3. The molecular weight excluding hydrogens is 352 g/mol. The minimum atomic E-state index is -0.132. The first-order valence-corrected chi connectivity index (χ1v) is 9.98. The Bertz CT molecular complexity index is 778. The van der Waals surface area contributed by atoms with Crippen molar-refractivity contribution in [1.29, 1.82) is 0 Å². The van der Waals surface area contributed by atoms with Crippen LogP contribution in [0.4, 0.5) is 0 Å². The van der Waals surface area contributed by atoms with Gasteiger partial charge in [-0.2, -0.15) is 0 Å². The topological polar surface area (TPSA) is 67.4 Å². The molecule has 1 aliphatic carbocycles. The molecule has 5 nitrogen and oxygen atoms in total. The Kier molecular flexibility index (Phi) is 7.06. The molecule has 148 valence electrons. The Morgan fingerprint density at radius 2 is 1.50 bits per heavy atom. The van der Waals surface area contributed by atoms with Gasteiger partial charge >= 0.3 is 0 Å². The molecule has 0 unspecified atom stereocenters. The molecule has 1 aliphatic rings. The fraction of sp³-hybridized carbons (Fsp3) is 0.391. The van der Waals surface area contributed by atoms with Crippen LogP contribution in [-0.4, -0.2) is 31.5 Å². The van der Waals surface area contributed by atoms with Gasteiger partial charge in [0.1, 0.15) is 5.75 Å². The van der Waals surface area contributed by atoms with Crippen LogP contribution in [-0.2, 0) is 6.42 Å². The second-order valence-electron chi connectivity index (χ2n) is 7.24. The summed E-state index contributed by atoms with van der Waals surface area (Å²) < 4.78 is 5.14. The zero-order valence-corrected chi connectivity index (χ0v) is 16.4. The molecule has 2 aromatic carbocycles. The summed E-state index contributed by atoms with van der Waals surface area (Å²) in [5.41, 5.74) is 2.29. The summed E-state index contributed by atoms with van der Waals surface area (Å²) in [4.78, 5) is 24.6. The molecular formula is C23H28N2O3. The first kappa shape index (κ1) is 19.9. The van der Waals surface area contributed by atoms with Crippen LogP contribution in [0.15, 0.2) is 48.5 Å². The Balaban J connectivity index is 1.46. The highest BCUT2D eigenvalue weighted by molar-refractivity contribution is 5.97. The van der Waals surface area contributed by atoms with E-state index in [1.165, 1.54) is 19.3 Å². The van der Waals surface area contributed by atoms with Gasteiger partial charge < -0.3 is 15.4 Å². The molecule has 0 heterocycles. The van der Waals surface area contributed by atoms with Crippen LogP contribution in [0.25, 0.3) is 0 Å². The zero-order chi connectivity index (χ0) is 19.8. The first-order chi connectivity index (χ1) is 13.7. The van der Waals surface area contributed by atoms with Gasteiger partial charge in [-0.05, 0) is 61.2 Å². The highest BCUT2D eigenvalue weighted by atomic mass is 16.5. The largest absolute Gasteiger partial charge is 0.497 e. The lowest BCUT2D eigenvalue weighted by molar-refractivity contribution is 0.0923. The van der Waals surface area contributed by atoms with Crippen molar-refractivity contribution in [3.63, 3.8) is 0 Å². The Labute approximate surface area is 166 Å². The highest BCUT2D eigenvalue weighted by Gasteiger charge is 2.16. The van der Waals surface area contributed by atoms with E-state index in [-0.39, 0.29) is 17.9 Å². The molecule has 0 spiro atoms. The minimum absolute atomic E-state index is 0.0571. The maximum atomic E-state index is 12.3. The summed E-state index contributed by atoms with van der Waals surface area (Å²) in [6, 6.07) is 14.9. The normalized spacial score (nSPS) is 14.3. The number of rotatable bonds is 7. The summed E-state index contributed by atoms with van der Waals surface area (Å²) in [6.45, 7) is 0.551. The molecule has 2 amide bonds. The number of methoxy groups -OCH3 is 1. The zero-order valence-electron chi connectivity index (χ0n) is 16.4. The second-order valence-corrected chi connectivity index (χ2v) is 7.24. The van der Waals surface area contributed by atoms with Crippen LogP contribution in [0.2, 0.25) is 0 Å². The quantitative estimate of drug-likeness (QED) is 0.769. The standard InChI is InChI=1S/C23H28N2O3/c1-28-21-13-7-17(8-14-21)15-16-24-22(26)18-9-11-19(12-10-18)23(27)25-20-5-3-2-4-6-20/h7-14,20H,2-6,15-16H2,1H3,(H,24,26)(H,25,27). The number of hydrogen-bond acceptors (Lipinski definition) is 3. The molecule has 2 N–H and O–H groups in total. The van der Waals surface area contributed by atoms with Gasteiger partial charge in [0.05, 0.1) is 7.11 Å². The molecule has 1 saturated carbocycles. The molecule has 0 atom stereocenters. The molecule has 2 aromatic rings. The molecule has 0 radical (unpaired) electrons. The fourth-order valence-corrected chi connectivity index (χ4v) is 3.50. The van der Waals surface area contributed by atoms with Crippen LogP contribution in [0, 0.1) is 0 Å². The number of benzene rings is 2. The Morgan fingerprint density at radius 1 is 0.893 bits per heavy atom. The van der Waals surface area contributed by atoms with Crippen molar-refractivity contribution in [2.45, 2.75) is 44.6 Å². The molecule has 0 saturated heterocycles. The second kappa shape index (κ2) is 9.93. The summed E-state index contributed by atoms with van der Waals surface area (Å²) in [7, 11) is 1.64. The van der Waals surface area contributed by atoms with E-state index in [1.54, 1.807) is 31.4 Å². The Hall–Kier alpha value is -2.82. The lowest BCUT2D eigenvalue weighted by Gasteiger charge is -2.22. The molecule has 0 aromatic heterocycles. The molecule has 28 heavy (non-hydrogen) atoms. The van der Waals surface area contributed by atoms with Crippen molar-refractivity contribution in [1.82, 2.24) is 10.6 Å². The van der Waals surface area contributed by atoms with Crippen molar-refractivity contribution in [2.75, 3.05) is 13.7 Å². The van der Waals surface area contributed by atoms with Gasteiger partial charge in [0.2, 0.25) is 0 Å². The van der Waals surface area contributed by atoms with Crippen molar-refractivity contribution < 1.29 is 14.3 Å². The van der Waals surface area contributed by atoms with Crippen molar-refractivity contribution >= 4 is 11.8 Å². The molecule has 0 aliphatic heterocycles. The third-order valence-corrected chi connectivity index (χ3v) is 5.21. The van der Waals surface area contributed by atoms with E-state index in [4.69, 9.17) is 4.74 Å². The van der Waals surface area contributed by atoms with Crippen LogP contribution in [0.3, 0.4) is 0 Å². The number of carbonyl (C=O) groups is 2. The van der Waals surface area contributed by atoms with Crippen LogP contribution in [0.5, 0.6) is 5.75 Å². The fourth-order valence-electron chi connectivity index (χ4n) is 3.50. The highest BCUT2D eigenvalue weighted by Crippen LogP contribution is 2.18. The van der Waals surface area contributed by atoms with Gasteiger partial charge in [-0.1, -0.05) is 31.4 Å². The first-order valence-electron chi connectivity index (χ1n) is 9.98. The van der Waals surface area contributed by atoms with E-state index >= 15 is 0 Å². The van der Waals surface area contributed by atoms with E-state index < -0.39 is 0 Å². The van der Waals surface area contributed by atoms with E-state index in [0.29, 0.717) is 17.7 Å². The summed E-state index contributed by atoms with van der Waals surface area (Å²) in [5.74, 6) is 0.631. The van der Waals surface area contributed by atoms with Crippen LogP contribution >= 0.6 is 0 Å². The third-order valence-electron chi connectivity index (χ3n) is 5.21. The predicted octanol–water partition coefficient (Wildman–Crippen LogP) is 3.73. The van der Waals surface area contributed by atoms with Crippen molar-refractivity contribution in [2.24, 2.45) is 0 Å².